The lowest BCUT2D eigenvalue weighted by Gasteiger charge is -2.08. The number of aromatic nitrogens is 2. The lowest BCUT2D eigenvalue weighted by Crippen LogP contribution is -2.15. The van der Waals surface area contributed by atoms with Crippen LogP contribution in [0.25, 0.3) is 11.0 Å². The molecular weight excluding hydrogens is 294 g/mol. The summed E-state index contributed by atoms with van der Waals surface area (Å²) in [5, 5.41) is 9.54. The van der Waals surface area contributed by atoms with E-state index in [0.29, 0.717) is 11.4 Å². The van der Waals surface area contributed by atoms with E-state index in [1.165, 1.54) is 0 Å². The number of rotatable bonds is 3. The Labute approximate surface area is 132 Å². The summed E-state index contributed by atoms with van der Waals surface area (Å²) in [6, 6.07) is 11.6. The Balaban J connectivity index is 2.11. The van der Waals surface area contributed by atoms with Gasteiger partial charge in [-0.05, 0) is 32.0 Å². The number of aryl methyl sites for hydroxylation is 3. The normalized spacial score (nSPS) is 12.3. The molecule has 110 valence electrons. The third kappa shape index (κ3) is 2.22. The molecule has 0 fully saturated rings. The fourth-order valence-electron chi connectivity index (χ4n) is 2.69. The van der Waals surface area contributed by atoms with Gasteiger partial charge in [0.2, 0.25) is 0 Å². The summed E-state index contributed by atoms with van der Waals surface area (Å²) in [5.74, 6) is -0.565. The van der Waals surface area contributed by atoms with Crippen LogP contribution in [0.15, 0.2) is 30.3 Å². The molecule has 0 amide bonds. The second-order valence-corrected chi connectivity index (χ2v) is 6.73. The highest BCUT2D eigenvalue weighted by Gasteiger charge is 2.28. The summed E-state index contributed by atoms with van der Waals surface area (Å²) in [6.45, 7) is 3.87. The van der Waals surface area contributed by atoms with Crippen LogP contribution in [0, 0.1) is 25.2 Å². The summed E-state index contributed by atoms with van der Waals surface area (Å²) in [6.07, 6.45) is 0. The fraction of sp³-hybridized carbons (Fsp3) is 0.235. The molecule has 5 heteroatoms. The zero-order valence-electron chi connectivity index (χ0n) is 12.6. The van der Waals surface area contributed by atoms with Crippen LogP contribution in [0.4, 0.5) is 0 Å². The van der Waals surface area contributed by atoms with Gasteiger partial charge in [-0.1, -0.05) is 12.1 Å². The Kier molecular flexibility index (Phi) is 3.55. The minimum absolute atomic E-state index is 0.178. The van der Waals surface area contributed by atoms with Crippen LogP contribution < -0.4 is 0 Å². The van der Waals surface area contributed by atoms with Crippen LogP contribution in [-0.2, 0) is 7.05 Å². The molecule has 0 saturated heterocycles. The fourth-order valence-corrected chi connectivity index (χ4v) is 3.62. The number of nitriles is 1. The van der Waals surface area contributed by atoms with Crippen LogP contribution in [0.2, 0.25) is 0 Å². The Hall–Kier alpha value is -2.45. The van der Waals surface area contributed by atoms with Crippen molar-refractivity contribution in [2.75, 3.05) is 0 Å². The number of ketones is 1. The van der Waals surface area contributed by atoms with Crippen molar-refractivity contribution in [3.8, 4) is 6.07 Å². The Morgan fingerprint density at radius 3 is 2.68 bits per heavy atom. The minimum atomic E-state index is -0.884. The number of benzene rings is 1. The van der Waals surface area contributed by atoms with Crippen LogP contribution in [0.1, 0.15) is 31.9 Å². The number of thiophene rings is 1. The van der Waals surface area contributed by atoms with E-state index in [9.17, 15) is 10.1 Å². The maximum atomic E-state index is 12.8. The summed E-state index contributed by atoms with van der Waals surface area (Å²) in [5.41, 5.74) is 2.34. The van der Waals surface area contributed by atoms with Crippen molar-refractivity contribution in [2.45, 2.75) is 19.8 Å². The van der Waals surface area contributed by atoms with E-state index in [-0.39, 0.29) is 5.78 Å². The number of para-hydroxylation sites is 2. The Bertz CT molecular complexity index is 914. The quantitative estimate of drug-likeness (QED) is 0.692. The molecular formula is C17H15N3OS. The second kappa shape index (κ2) is 5.39. The first-order valence-electron chi connectivity index (χ1n) is 6.95. The number of nitrogens with zero attached hydrogens (tertiary/aromatic N) is 3. The van der Waals surface area contributed by atoms with Gasteiger partial charge < -0.3 is 4.57 Å². The molecule has 3 aromatic rings. The minimum Gasteiger partial charge on any atom is -0.330 e. The van der Waals surface area contributed by atoms with Crippen molar-refractivity contribution in [1.82, 2.24) is 9.55 Å². The largest absolute Gasteiger partial charge is 0.330 e. The Morgan fingerprint density at radius 1 is 1.36 bits per heavy atom. The number of carbonyl (C=O) groups is 1. The zero-order valence-corrected chi connectivity index (χ0v) is 13.4. The van der Waals surface area contributed by atoms with Gasteiger partial charge in [0.25, 0.3) is 0 Å². The van der Waals surface area contributed by atoms with E-state index in [2.05, 4.69) is 11.1 Å². The van der Waals surface area contributed by atoms with Gasteiger partial charge in [-0.2, -0.15) is 5.26 Å². The first-order valence-corrected chi connectivity index (χ1v) is 7.76. The van der Waals surface area contributed by atoms with Gasteiger partial charge in [-0.25, -0.2) is 4.98 Å². The van der Waals surface area contributed by atoms with Crippen LogP contribution >= 0.6 is 11.3 Å². The van der Waals surface area contributed by atoms with E-state index in [1.54, 1.807) is 11.3 Å². The molecule has 4 nitrogen and oxygen atoms in total. The second-order valence-electron chi connectivity index (χ2n) is 5.27. The molecule has 0 radical (unpaired) electrons. The SMILES string of the molecule is Cc1cc(C(=O)C(C#N)c2nc3ccccc3n2C)c(C)s1. The lowest BCUT2D eigenvalue weighted by atomic mass is 9.98. The third-order valence-corrected chi connectivity index (χ3v) is 4.74. The topological polar surface area (TPSA) is 58.7 Å². The number of imidazole rings is 1. The monoisotopic (exact) mass is 309 g/mol. The van der Waals surface area contributed by atoms with Gasteiger partial charge >= 0.3 is 0 Å². The molecule has 2 aromatic heterocycles. The molecule has 0 N–H and O–H groups in total. The van der Waals surface area contributed by atoms with Gasteiger partial charge in [0.15, 0.2) is 11.7 Å². The van der Waals surface area contributed by atoms with Gasteiger partial charge in [0, 0.05) is 22.4 Å². The molecule has 0 aliphatic carbocycles. The summed E-state index contributed by atoms with van der Waals surface area (Å²) in [4.78, 5) is 19.3. The summed E-state index contributed by atoms with van der Waals surface area (Å²) >= 11 is 1.57. The van der Waals surface area contributed by atoms with E-state index in [0.717, 1.165) is 20.8 Å². The number of carbonyl (C=O) groups excluding carboxylic acids is 1. The van der Waals surface area contributed by atoms with E-state index in [1.807, 2.05) is 55.8 Å². The first kappa shape index (κ1) is 14.5. The highest BCUT2D eigenvalue weighted by molar-refractivity contribution is 7.12. The molecule has 1 unspecified atom stereocenters. The molecule has 3 rings (SSSR count). The molecule has 0 bridgehead atoms. The zero-order chi connectivity index (χ0) is 15.9. The maximum absolute atomic E-state index is 12.8. The number of Topliss-reactive ketones (excluding diaryl/α,β-unsaturated/α-hetero) is 1. The van der Waals surface area contributed by atoms with Crippen LogP contribution in [0.3, 0.4) is 0 Å². The lowest BCUT2D eigenvalue weighted by molar-refractivity contribution is 0.0975. The van der Waals surface area contributed by atoms with Crippen molar-refractivity contribution >= 4 is 28.2 Å². The Morgan fingerprint density at radius 2 is 2.09 bits per heavy atom. The molecule has 1 atom stereocenters. The summed E-state index contributed by atoms with van der Waals surface area (Å²) in [7, 11) is 1.84. The highest BCUT2D eigenvalue weighted by Crippen LogP contribution is 2.28. The van der Waals surface area contributed by atoms with Gasteiger partial charge in [0.05, 0.1) is 17.1 Å². The van der Waals surface area contributed by atoms with E-state index >= 15 is 0 Å². The average molecular weight is 309 g/mol. The van der Waals surface area contributed by atoms with Crippen LogP contribution in [0.5, 0.6) is 0 Å². The summed E-state index contributed by atoms with van der Waals surface area (Å²) < 4.78 is 1.83. The van der Waals surface area contributed by atoms with E-state index < -0.39 is 5.92 Å². The molecule has 22 heavy (non-hydrogen) atoms. The van der Waals surface area contributed by atoms with E-state index in [4.69, 9.17) is 0 Å². The number of hydrogen-bond donors (Lipinski definition) is 0. The molecule has 0 aliphatic rings. The van der Waals surface area contributed by atoms with Crippen molar-refractivity contribution in [3.63, 3.8) is 0 Å². The molecule has 0 aliphatic heterocycles. The first-order chi connectivity index (χ1) is 10.5. The van der Waals surface area contributed by atoms with Gasteiger partial charge in [-0.15, -0.1) is 11.3 Å². The van der Waals surface area contributed by atoms with Gasteiger partial charge in [-0.3, -0.25) is 4.79 Å². The van der Waals surface area contributed by atoms with Gasteiger partial charge in [0.1, 0.15) is 5.82 Å². The van der Waals surface area contributed by atoms with Crippen molar-refractivity contribution < 1.29 is 4.79 Å². The smallest absolute Gasteiger partial charge is 0.188 e. The van der Waals surface area contributed by atoms with Crippen LogP contribution in [-0.4, -0.2) is 15.3 Å². The predicted octanol–water partition coefficient (Wildman–Crippen LogP) is 3.74. The molecule has 2 heterocycles. The highest BCUT2D eigenvalue weighted by atomic mass is 32.1. The number of hydrogen-bond acceptors (Lipinski definition) is 4. The van der Waals surface area contributed by atoms with Crippen molar-refractivity contribution in [2.24, 2.45) is 7.05 Å². The predicted molar refractivity (Wildman–Crippen MR) is 87.2 cm³/mol. The molecule has 0 saturated carbocycles. The number of fused-ring (bicyclic) bond motifs is 1. The average Bonchev–Trinajstić information content (AvgIpc) is 3.01. The standard InChI is InChI=1S/C17H15N3OS/c1-10-8-12(11(2)22-10)16(21)13(9-18)17-19-14-6-4-5-7-15(14)20(17)3/h4-8,13H,1-3H3. The maximum Gasteiger partial charge on any atom is 0.188 e. The van der Waals surface area contributed by atoms with Crippen molar-refractivity contribution in [3.05, 3.63) is 51.5 Å². The molecule has 1 aromatic carbocycles. The molecule has 0 spiro atoms. The van der Waals surface area contributed by atoms with Crippen molar-refractivity contribution in [1.29, 1.82) is 5.26 Å². The third-order valence-electron chi connectivity index (χ3n) is 3.78.